The van der Waals surface area contributed by atoms with Gasteiger partial charge < -0.3 is 10.6 Å². The Bertz CT molecular complexity index is 418. The van der Waals surface area contributed by atoms with Gasteiger partial charge in [0, 0.05) is 22.3 Å². The quantitative estimate of drug-likeness (QED) is 0.840. The van der Waals surface area contributed by atoms with E-state index in [2.05, 4.69) is 30.5 Å². The molecular formula is C15H24N2OS. The van der Waals surface area contributed by atoms with Gasteiger partial charge in [-0.3, -0.25) is 4.79 Å². The van der Waals surface area contributed by atoms with Crippen LogP contribution < -0.4 is 10.6 Å². The summed E-state index contributed by atoms with van der Waals surface area (Å²) >= 11 is 1.90. The van der Waals surface area contributed by atoms with Crippen LogP contribution in [0.4, 0.5) is 0 Å². The molecule has 0 saturated heterocycles. The smallest absolute Gasteiger partial charge is 0.234 e. The Hall–Kier alpha value is -0.870. The lowest BCUT2D eigenvalue weighted by molar-refractivity contribution is -0.121. The molecule has 1 heterocycles. The second-order valence-corrected chi connectivity index (χ2v) is 6.94. The van der Waals surface area contributed by atoms with E-state index in [1.54, 1.807) is 4.88 Å². The van der Waals surface area contributed by atoms with E-state index in [-0.39, 0.29) is 11.9 Å². The zero-order valence-electron chi connectivity index (χ0n) is 12.1. The van der Waals surface area contributed by atoms with Crippen LogP contribution in [0.15, 0.2) is 6.07 Å². The third kappa shape index (κ3) is 4.05. The Balaban J connectivity index is 1.69. The standard InChI is InChI=1S/C15H24N2OS/c1-10(2)11(3)17-15(18)9-16-8-13-7-12-5-4-6-14(12)19-13/h7,10-11,16H,4-6,8-9H2,1-3H3,(H,17,18). The number of hydrogen-bond acceptors (Lipinski definition) is 3. The predicted octanol–water partition coefficient (Wildman–Crippen LogP) is 2.49. The molecule has 19 heavy (non-hydrogen) atoms. The SMILES string of the molecule is CC(C)C(C)NC(=O)CNCc1cc2c(s1)CCC2. The van der Waals surface area contributed by atoms with Crippen molar-refractivity contribution < 1.29 is 4.79 Å². The molecule has 0 saturated carbocycles. The fourth-order valence-electron chi connectivity index (χ4n) is 2.25. The van der Waals surface area contributed by atoms with Crippen molar-refractivity contribution in [1.29, 1.82) is 0 Å². The van der Waals surface area contributed by atoms with Gasteiger partial charge in [0.05, 0.1) is 6.54 Å². The molecule has 1 atom stereocenters. The molecule has 1 aliphatic carbocycles. The predicted molar refractivity (Wildman–Crippen MR) is 80.5 cm³/mol. The Morgan fingerprint density at radius 2 is 2.16 bits per heavy atom. The molecule has 0 aromatic carbocycles. The zero-order chi connectivity index (χ0) is 13.8. The number of fused-ring (bicyclic) bond motifs is 1. The van der Waals surface area contributed by atoms with Gasteiger partial charge in [-0.25, -0.2) is 0 Å². The summed E-state index contributed by atoms with van der Waals surface area (Å²) in [6, 6.07) is 2.54. The van der Waals surface area contributed by atoms with Crippen LogP contribution in [-0.4, -0.2) is 18.5 Å². The Morgan fingerprint density at radius 3 is 2.84 bits per heavy atom. The number of thiophene rings is 1. The lowest BCUT2D eigenvalue weighted by atomic mass is 10.1. The van der Waals surface area contributed by atoms with Gasteiger partial charge in [0.25, 0.3) is 0 Å². The van der Waals surface area contributed by atoms with E-state index in [1.165, 1.54) is 29.7 Å². The number of rotatable bonds is 6. The van der Waals surface area contributed by atoms with E-state index >= 15 is 0 Å². The van der Waals surface area contributed by atoms with Crippen LogP contribution in [0, 0.1) is 5.92 Å². The molecule has 1 aliphatic rings. The summed E-state index contributed by atoms with van der Waals surface area (Å²) in [7, 11) is 0. The second-order valence-electron chi connectivity index (χ2n) is 5.72. The minimum atomic E-state index is 0.0882. The fourth-order valence-corrected chi connectivity index (χ4v) is 3.48. The highest BCUT2D eigenvalue weighted by Crippen LogP contribution is 2.30. The molecule has 4 heteroatoms. The molecule has 2 rings (SSSR count). The molecule has 2 N–H and O–H groups in total. The van der Waals surface area contributed by atoms with Crippen molar-refractivity contribution in [1.82, 2.24) is 10.6 Å². The van der Waals surface area contributed by atoms with E-state index in [9.17, 15) is 4.79 Å². The van der Waals surface area contributed by atoms with Gasteiger partial charge in [-0.1, -0.05) is 13.8 Å². The number of nitrogens with one attached hydrogen (secondary N) is 2. The van der Waals surface area contributed by atoms with Gasteiger partial charge in [-0.2, -0.15) is 0 Å². The summed E-state index contributed by atoms with van der Waals surface area (Å²) in [4.78, 5) is 14.6. The van der Waals surface area contributed by atoms with Crippen LogP contribution >= 0.6 is 11.3 Å². The summed E-state index contributed by atoms with van der Waals surface area (Å²) in [5.41, 5.74) is 1.53. The average molecular weight is 280 g/mol. The number of hydrogen-bond donors (Lipinski definition) is 2. The normalized spacial score (nSPS) is 15.6. The molecule has 0 bridgehead atoms. The fraction of sp³-hybridized carbons (Fsp3) is 0.667. The van der Waals surface area contributed by atoms with Crippen molar-refractivity contribution in [2.75, 3.05) is 6.54 Å². The molecule has 1 aromatic heterocycles. The lowest BCUT2D eigenvalue weighted by Gasteiger charge is -2.17. The van der Waals surface area contributed by atoms with E-state index < -0.39 is 0 Å². The Morgan fingerprint density at radius 1 is 1.37 bits per heavy atom. The van der Waals surface area contributed by atoms with Crippen molar-refractivity contribution >= 4 is 17.2 Å². The van der Waals surface area contributed by atoms with Crippen molar-refractivity contribution in [3.63, 3.8) is 0 Å². The van der Waals surface area contributed by atoms with Gasteiger partial charge in [-0.15, -0.1) is 11.3 Å². The molecule has 0 fully saturated rings. The minimum absolute atomic E-state index is 0.0882. The number of carbonyl (C=O) groups excluding carboxylic acids is 1. The molecule has 1 amide bonds. The molecule has 0 radical (unpaired) electrons. The van der Waals surface area contributed by atoms with Crippen molar-refractivity contribution in [2.45, 2.75) is 52.6 Å². The van der Waals surface area contributed by atoms with E-state index in [4.69, 9.17) is 0 Å². The number of amides is 1. The van der Waals surface area contributed by atoms with Gasteiger partial charge >= 0.3 is 0 Å². The molecule has 1 aromatic rings. The zero-order valence-corrected chi connectivity index (χ0v) is 12.9. The first-order chi connectivity index (χ1) is 9.06. The maximum atomic E-state index is 11.7. The number of carbonyl (C=O) groups is 1. The largest absolute Gasteiger partial charge is 0.352 e. The van der Waals surface area contributed by atoms with Crippen LogP contribution in [0.1, 0.15) is 42.5 Å². The molecule has 106 valence electrons. The second kappa shape index (κ2) is 6.53. The van der Waals surface area contributed by atoms with Crippen LogP contribution in [0.5, 0.6) is 0 Å². The highest BCUT2D eigenvalue weighted by Gasteiger charge is 2.15. The maximum absolute atomic E-state index is 11.7. The first-order valence-corrected chi connectivity index (χ1v) is 7.98. The monoisotopic (exact) mass is 280 g/mol. The summed E-state index contributed by atoms with van der Waals surface area (Å²) in [5.74, 6) is 0.564. The van der Waals surface area contributed by atoms with Gasteiger partial charge in [0.2, 0.25) is 5.91 Å². The maximum Gasteiger partial charge on any atom is 0.234 e. The van der Waals surface area contributed by atoms with E-state index in [1.807, 2.05) is 18.3 Å². The Kier molecular flexibility index (Phi) is 4.99. The highest BCUT2D eigenvalue weighted by molar-refractivity contribution is 7.12. The Labute approximate surface area is 119 Å². The average Bonchev–Trinajstić information content (AvgIpc) is 2.89. The van der Waals surface area contributed by atoms with Crippen LogP contribution in [-0.2, 0) is 24.2 Å². The van der Waals surface area contributed by atoms with Crippen LogP contribution in [0.2, 0.25) is 0 Å². The molecule has 1 unspecified atom stereocenters. The lowest BCUT2D eigenvalue weighted by Crippen LogP contribution is -2.41. The number of aryl methyl sites for hydroxylation is 2. The summed E-state index contributed by atoms with van der Waals surface area (Å²) in [5, 5.41) is 6.24. The first kappa shape index (κ1) is 14.5. The van der Waals surface area contributed by atoms with E-state index in [0.717, 1.165) is 6.54 Å². The minimum Gasteiger partial charge on any atom is -0.352 e. The van der Waals surface area contributed by atoms with Crippen molar-refractivity contribution in [2.24, 2.45) is 5.92 Å². The molecule has 0 spiro atoms. The van der Waals surface area contributed by atoms with Crippen LogP contribution in [0.25, 0.3) is 0 Å². The van der Waals surface area contributed by atoms with Gasteiger partial charge in [0.15, 0.2) is 0 Å². The van der Waals surface area contributed by atoms with Gasteiger partial charge in [-0.05, 0) is 43.7 Å². The molecular weight excluding hydrogens is 256 g/mol. The summed E-state index contributed by atoms with van der Waals surface area (Å²) in [6.07, 6.45) is 3.79. The van der Waals surface area contributed by atoms with Crippen LogP contribution in [0.3, 0.4) is 0 Å². The first-order valence-electron chi connectivity index (χ1n) is 7.17. The summed E-state index contributed by atoms with van der Waals surface area (Å²) < 4.78 is 0. The topological polar surface area (TPSA) is 41.1 Å². The highest BCUT2D eigenvalue weighted by atomic mass is 32.1. The third-order valence-corrected chi connectivity index (χ3v) is 5.01. The van der Waals surface area contributed by atoms with E-state index in [0.29, 0.717) is 12.5 Å². The van der Waals surface area contributed by atoms with Gasteiger partial charge in [0.1, 0.15) is 0 Å². The molecule has 0 aliphatic heterocycles. The van der Waals surface area contributed by atoms with Crippen molar-refractivity contribution in [3.8, 4) is 0 Å². The third-order valence-electron chi connectivity index (χ3n) is 3.77. The van der Waals surface area contributed by atoms with Crippen molar-refractivity contribution in [3.05, 3.63) is 21.4 Å². The summed E-state index contributed by atoms with van der Waals surface area (Å²) in [6.45, 7) is 7.49. The molecule has 3 nitrogen and oxygen atoms in total.